The Kier molecular flexibility index (Phi) is 9.10. The number of hydrogen-bond donors (Lipinski definition) is 2. The van der Waals surface area contributed by atoms with E-state index in [0.29, 0.717) is 18.3 Å². The highest BCUT2D eigenvalue weighted by atomic mass is 35.5. The van der Waals surface area contributed by atoms with E-state index in [1.807, 2.05) is 0 Å². The highest BCUT2D eigenvalue weighted by molar-refractivity contribution is 6.06. The molecule has 1 aromatic heterocycles. The maximum atomic E-state index is 15.1. The second-order valence-corrected chi connectivity index (χ2v) is 7.52. The minimum atomic E-state index is -0.865. The number of piperidine rings is 1. The maximum Gasteiger partial charge on any atom is 0.258 e. The van der Waals surface area contributed by atoms with Gasteiger partial charge in [-0.3, -0.25) is 9.78 Å². The molecule has 33 heavy (non-hydrogen) atoms. The summed E-state index contributed by atoms with van der Waals surface area (Å²) in [5, 5.41) is 2.71. The molecule has 0 radical (unpaired) electrons. The number of nitrogens with one attached hydrogen (secondary N) is 1. The molecule has 0 spiro atoms. The number of amides is 1. The van der Waals surface area contributed by atoms with Crippen molar-refractivity contribution in [1.82, 2.24) is 4.98 Å². The largest absolute Gasteiger partial charge is 0.368 e. The SMILES string of the molecule is Cl.Cl.N[C@H]1CCCN(c2ccncc2NC(=O)c2cccc(-c3cc(F)cc(F)c3)c2F)C1. The van der Waals surface area contributed by atoms with E-state index in [1.165, 1.54) is 24.4 Å². The fraction of sp³-hybridized carbons (Fsp3) is 0.217. The van der Waals surface area contributed by atoms with Gasteiger partial charge >= 0.3 is 0 Å². The highest BCUT2D eigenvalue weighted by Crippen LogP contribution is 2.30. The molecule has 1 amide bonds. The lowest BCUT2D eigenvalue weighted by atomic mass is 10.0. The molecule has 5 nitrogen and oxygen atoms in total. The molecule has 3 aromatic rings. The molecule has 1 fully saturated rings. The first-order valence-electron chi connectivity index (χ1n) is 9.93. The average molecular weight is 499 g/mol. The zero-order chi connectivity index (χ0) is 22.0. The summed E-state index contributed by atoms with van der Waals surface area (Å²) >= 11 is 0. The molecule has 0 unspecified atom stereocenters. The van der Waals surface area contributed by atoms with Gasteiger partial charge in [0.15, 0.2) is 0 Å². The third-order valence-corrected chi connectivity index (χ3v) is 5.26. The predicted molar refractivity (Wildman–Crippen MR) is 128 cm³/mol. The minimum Gasteiger partial charge on any atom is -0.368 e. The number of nitrogens with zero attached hydrogens (tertiary/aromatic N) is 2. The van der Waals surface area contributed by atoms with Crippen LogP contribution in [0.1, 0.15) is 23.2 Å². The number of aromatic nitrogens is 1. The van der Waals surface area contributed by atoms with Gasteiger partial charge < -0.3 is 16.0 Å². The van der Waals surface area contributed by atoms with E-state index >= 15 is 4.39 Å². The van der Waals surface area contributed by atoms with Crippen molar-refractivity contribution in [3.05, 3.63) is 77.9 Å². The second kappa shape index (κ2) is 11.4. The van der Waals surface area contributed by atoms with Gasteiger partial charge in [-0.05, 0) is 42.7 Å². The standard InChI is InChI=1S/C23H21F3N4O.2ClH/c24-15-9-14(10-16(25)11-15)18-4-1-5-19(22(18)26)23(31)29-20-12-28-7-6-21(20)30-8-2-3-17(27)13-30;;/h1,4-7,9-12,17H,2-3,8,13,27H2,(H,29,31);2*1H/t17-;;/m0../s1. The Morgan fingerprint density at radius 2 is 1.82 bits per heavy atom. The molecule has 2 aromatic carbocycles. The Morgan fingerprint density at radius 3 is 2.52 bits per heavy atom. The summed E-state index contributed by atoms with van der Waals surface area (Å²) in [7, 11) is 0. The van der Waals surface area contributed by atoms with E-state index in [9.17, 15) is 13.6 Å². The van der Waals surface area contributed by atoms with Gasteiger partial charge in [0, 0.05) is 37.0 Å². The summed E-state index contributed by atoms with van der Waals surface area (Å²) in [6, 6.07) is 8.69. The fourth-order valence-electron chi connectivity index (χ4n) is 3.82. The Bertz CT molecular complexity index is 1110. The summed E-state index contributed by atoms with van der Waals surface area (Å²) < 4.78 is 42.3. The highest BCUT2D eigenvalue weighted by Gasteiger charge is 2.22. The quantitative estimate of drug-likeness (QED) is 0.519. The van der Waals surface area contributed by atoms with Crippen LogP contribution in [0.2, 0.25) is 0 Å². The second-order valence-electron chi connectivity index (χ2n) is 7.52. The van der Waals surface area contributed by atoms with Gasteiger partial charge in [-0.15, -0.1) is 24.8 Å². The first kappa shape index (κ1) is 26.4. The summed E-state index contributed by atoms with van der Waals surface area (Å²) in [6.07, 6.45) is 4.97. The molecule has 4 rings (SSSR count). The van der Waals surface area contributed by atoms with E-state index in [0.717, 1.165) is 37.2 Å². The molecule has 0 aliphatic carbocycles. The minimum absolute atomic E-state index is 0. The lowest BCUT2D eigenvalue weighted by Crippen LogP contribution is -2.43. The zero-order valence-electron chi connectivity index (χ0n) is 17.4. The first-order valence-corrected chi connectivity index (χ1v) is 9.93. The summed E-state index contributed by atoms with van der Waals surface area (Å²) in [5.74, 6) is -3.21. The maximum absolute atomic E-state index is 15.1. The van der Waals surface area contributed by atoms with Crippen LogP contribution >= 0.6 is 24.8 Å². The molecule has 10 heteroatoms. The van der Waals surface area contributed by atoms with Crippen molar-refractivity contribution in [3.8, 4) is 11.1 Å². The molecule has 1 aliphatic heterocycles. The van der Waals surface area contributed by atoms with Crippen LogP contribution in [0.4, 0.5) is 24.5 Å². The van der Waals surface area contributed by atoms with E-state index in [-0.39, 0.29) is 47.5 Å². The average Bonchev–Trinajstić information content (AvgIpc) is 2.73. The monoisotopic (exact) mass is 498 g/mol. The van der Waals surface area contributed by atoms with Crippen LogP contribution in [-0.4, -0.2) is 30.0 Å². The molecule has 3 N–H and O–H groups in total. The van der Waals surface area contributed by atoms with Crippen molar-refractivity contribution in [2.75, 3.05) is 23.3 Å². The smallest absolute Gasteiger partial charge is 0.258 e. The number of nitrogens with two attached hydrogens (primary N) is 1. The van der Waals surface area contributed by atoms with Crippen molar-refractivity contribution in [2.45, 2.75) is 18.9 Å². The summed E-state index contributed by atoms with van der Waals surface area (Å²) in [4.78, 5) is 19.0. The Hall–Kier alpha value is -2.81. The molecule has 1 saturated heterocycles. The lowest BCUT2D eigenvalue weighted by Gasteiger charge is -2.33. The molecule has 0 saturated carbocycles. The van der Waals surface area contributed by atoms with Gasteiger partial charge in [0.1, 0.15) is 17.5 Å². The van der Waals surface area contributed by atoms with Gasteiger partial charge in [-0.1, -0.05) is 12.1 Å². The summed E-state index contributed by atoms with van der Waals surface area (Å²) in [6.45, 7) is 1.43. The van der Waals surface area contributed by atoms with Crippen LogP contribution in [0.3, 0.4) is 0 Å². The van der Waals surface area contributed by atoms with E-state index in [2.05, 4.69) is 15.2 Å². The molecule has 1 aliphatic rings. The molecular weight excluding hydrogens is 476 g/mol. The predicted octanol–water partition coefficient (Wildman–Crippen LogP) is 5.19. The van der Waals surface area contributed by atoms with Crippen molar-refractivity contribution in [1.29, 1.82) is 0 Å². The summed E-state index contributed by atoms with van der Waals surface area (Å²) in [5.41, 5.74) is 6.95. The zero-order valence-corrected chi connectivity index (χ0v) is 19.1. The Balaban J connectivity index is 0.00000193. The third kappa shape index (κ3) is 5.96. The van der Waals surface area contributed by atoms with Gasteiger partial charge in [0.2, 0.25) is 0 Å². The van der Waals surface area contributed by atoms with Gasteiger partial charge in [0.05, 0.1) is 23.1 Å². The van der Waals surface area contributed by atoms with Crippen LogP contribution in [0.25, 0.3) is 11.1 Å². The fourth-order valence-corrected chi connectivity index (χ4v) is 3.82. The van der Waals surface area contributed by atoms with Crippen LogP contribution < -0.4 is 16.0 Å². The van der Waals surface area contributed by atoms with Crippen LogP contribution in [0.5, 0.6) is 0 Å². The topological polar surface area (TPSA) is 71.2 Å². The van der Waals surface area contributed by atoms with Gasteiger partial charge in [-0.2, -0.15) is 0 Å². The van der Waals surface area contributed by atoms with Crippen molar-refractivity contribution < 1.29 is 18.0 Å². The Labute approximate surface area is 202 Å². The number of rotatable bonds is 4. The number of carbonyl (C=O) groups excluding carboxylic acids is 1. The number of halogens is 5. The van der Waals surface area contributed by atoms with E-state index in [1.54, 1.807) is 12.3 Å². The third-order valence-electron chi connectivity index (χ3n) is 5.26. The molecule has 176 valence electrons. The van der Waals surface area contributed by atoms with Crippen LogP contribution in [-0.2, 0) is 0 Å². The number of carbonyl (C=O) groups is 1. The van der Waals surface area contributed by atoms with Gasteiger partial charge in [-0.25, -0.2) is 13.2 Å². The Morgan fingerprint density at radius 1 is 1.09 bits per heavy atom. The molecule has 2 heterocycles. The van der Waals surface area contributed by atoms with Crippen molar-refractivity contribution >= 4 is 42.1 Å². The van der Waals surface area contributed by atoms with E-state index < -0.39 is 23.4 Å². The first-order chi connectivity index (χ1) is 14.9. The van der Waals surface area contributed by atoms with Crippen LogP contribution in [0, 0.1) is 17.5 Å². The van der Waals surface area contributed by atoms with E-state index in [4.69, 9.17) is 5.73 Å². The molecule has 1 atom stereocenters. The van der Waals surface area contributed by atoms with Crippen LogP contribution in [0.15, 0.2) is 54.9 Å². The van der Waals surface area contributed by atoms with Crippen molar-refractivity contribution in [2.24, 2.45) is 5.73 Å². The number of pyridine rings is 1. The number of hydrogen-bond acceptors (Lipinski definition) is 4. The lowest BCUT2D eigenvalue weighted by molar-refractivity contribution is 0.102. The molecular formula is C23H23Cl2F3N4O. The van der Waals surface area contributed by atoms with Crippen molar-refractivity contribution in [3.63, 3.8) is 0 Å². The number of anilines is 2. The molecule has 0 bridgehead atoms. The number of benzene rings is 2. The normalized spacial score (nSPS) is 15.3. The van der Waals surface area contributed by atoms with Gasteiger partial charge in [0.25, 0.3) is 5.91 Å².